The summed E-state index contributed by atoms with van der Waals surface area (Å²) in [6.07, 6.45) is 5.17. The van der Waals surface area contributed by atoms with Crippen LogP contribution in [0.3, 0.4) is 0 Å². The van der Waals surface area contributed by atoms with E-state index in [1.807, 2.05) is 18.2 Å². The van der Waals surface area contributed by atoms with E-state index in [0.29, 0.717) is 23.0 Å². The second-order valence-corrected chi connectivity index (χ2v) is 5.54. The first-order valence-electron chi connectivity index (χ1n) is 7.18. The van der Waals surface area contributed by atoms with Crippen molar-refractivity contribution in [3.63, 3.8) is 0 Å². The molecule has 7 heteroatoms. The Kier molecular flexibility index (Phi) is 3.59. The molecule has 0 saturated heterocycles. The molecule has 3 aromatic heterocycles. The van der Waals surface area contributed by atoms with E-state index in [9.17, 15) is 4.39 Å². The molecule has 1 aromatic carbocycles. The summed E-state index contributed by atoms with van der Waals surface area (Å²) >= 11 is 5.84. The normalized spacial score (nSPS) is 10.9. The van der Waals surface area contributed by atoms with Crippen LogP contribution in [0.1, 0.15) is 0 Å². The lowest BCUT2D eigenvalue weighted by molar-refractivity contribution is 0.628. The molecule has 0 unspecified atom stereocenters. The second kappa shape index (κ2) is 5.90. The number of H-pyrrole nitrogens is 1. The Bertz CT molecular complexity index is 1020. The SMILES string of the molecule is Fc1ccc(Nc2nc(-c3cccnc3)nc3[nH]ccc23)cc1Cl. The van der Waals surface area contributed by atoms with Gasteiger partial charge < -0.3 is 10.3 Å². The van der Waals surface area contributed by atoms with Gasteiger partial charge in [-0.2, -0.15) is 0 Å². The first-order valence-corrected chi connectivity index (χ1v) is 7.56. The zero-order valence-electron chi connectivity index (χ0n) is 12.3. The summed E-state index contributed by atoms with van der Waals surface area (Å²) in [6.45, 7) is 0. The van der Waals surface area contributed by atoms with Crippen LogP contribution in [0.4, 0.5) is 15.9 Å². The van der Waals surface area contributed by atoms with Crippen molar-refractivity contribution in [3.05, 3.63) is 65.8 Å². The number of benzene rings is 1. The zero-order chi connectivity index (χ0) is 16.5. The summed E-state index contributed by atoms with van der Waals surface area (Å²) in [6, 6.07) is 10.0. The minimum Gasteiger partial charge on any atom is -0.346 e. The second-order valence-electron chi connectivity index (χ2n) is 5.13. The van der Waals surface area contributed by atoms with Crippen LogP contribution >= 0.6 is 11.6 Å². The number of aromatic nitrogens is 4. The van der Waals surface area contributed by atoms with Gasteiger partial charge >= 0.3 is 0 Å². The van der Waals surface area contributed by atoms with Crippen LogP contribution in [0.5, 0.6) is 0 Å². The van der Waals surface area contributed by atoms with Crippen molar-refractivity contribution >= 4 is 34.1 Å². The smallest absolute Gasteiger partial charge is 0.165 e. The molecule has 0 atom stereocenters. The summed E-state index contributed by atoms with van der Waals surface area (Å²) in [7, 11) is 0. The fourth-order valence-electron chi connectivity index (χ4n) is 2.37. The number of hydrogen-bond acceptors (Lipinski definition) is 4. The molecule has 3 heterocycles. The fraction of sp³-hybridized carbons (Fsp3) is 0. The minimum atomic E-state index is -0.465. The van der Waals surface area contributed by atoms with Crippen molar-refractivity contribution in [2.24, 2.45) is 0 Å². The minimum absolute atomic E-state index is 0.0480. The van der Waals surface area contributed by atoms with Gasteiger partial charge in [0.15, 0.2) is 5.82 Å². The number of nitrogens with zero attached hydrogens (tertiary/aromatic N) is 3. The van der Waals surface area contributed by atoms with Gasteiger partial charge in [0.05, 0.1) is 10.4 Å². The molecule has 4 rings (SSSR count). The highest BCUT2D eigenvalue weighted by molar-refractivity contribution is 6.31. The number of rotatable bonds is 3. The summed E-state index contributed by atoms with van der Waals surface area (Å²) in [5.41, 5.74) is 2.13. The van der Waals surface area contributed by atoms with Crippen LogP contribution in [0, 0.1) is 5.82 Å². The van der Waals surface area contributed by atoms with E-state index < -0.39 is 5.82 Å². The number of halogens is 2. The lowest BCUT2D eigenvalue weighted by atomic mass is 10.2. The fourth-order valence-corrected chi connectivity index (χ4v) is 2.55. The number of anilines is 2. The molecule has 0 spiro atoms. The largest absolute Gasteiger partial charge is 0.346 e. The maximum absolute atomic E-state index is 13.3. The molecule has 0 fully saturated rings. The lowest BCUT2D eigenvalue weighted by Gasteiger charge is -2.09. The van der Waals surface area contributed by atoms with Crippen molar-refractivity contribution in [1.29, 1.82) is 0 Å². The van der Waals surface area contributed by atoms with E-state index >= 15 is 0 Å². The Morgan fingerprint density at radius 1 is 1.12 bits per heavy atom. The van der Waals surface area contributed by atoms with Crippen LogP contribution in [-0.4, -0.2) is 19.9 Å². The van der Waals surface area contributed by atoms with Gasteiger partial charge in [-0.25, -0.2) is 14.4 Å². The Morgan fingerprint density at radius 2 is 2.04 bits per heavy atom. The van der Waals surface area contributed by atoms with Crippen molar-refractivity contribution in [3.8, 4) is 11.4 Å². The molecule has 4 aromatic rings. The van der Waals surface area contributed by atoms with Gasteiger partial charge in [-0.05, 0) is 36.4 Å². The Hall–Kier alpha value is -2.99. The molecule has 0 amide bonds. The highest BCUT2D eigenvalue weighted by atomic mass is 35.5. The standard InChI is InChI=1S/C17H11ClFN5/c18-13-8-11(3-4-14(13)19)22-17-12-5-7-21-16(12)23-15(24-17)10-2-1-6-20-9-10/h1-9H,(H2,21,22,23,24). The van der Waals surface area contributed by atoms with Gasteiger partial charge in [0.25, 0.3) is 0 Å². The van der Waals surface area contributed by atoms with Gasteiger partial charge in [-0.3, -0.25) is 4.98 Å². The molecule has 0 bridgehead atoms. The molecule has 5 nitrogen and oxygen atoms in total. The lowest BCUT2D eigenvalue weighted by Crippen LogP contribution is -1.99. The number of pyridine rings is 1. The summed E-state index contributed by atoms with van der Waals surface area (Å²) in [5.74, 6) is 0.671. The number of fused-ring (bicyclic) bond motifs is 1. The predicted molar refractivity (Wildman–Crippen MR) is 91.8 cm³/mol. The van der Waals surface area contributed by atoms with Gasteiger partial charge in [-0.1, -0.05) is 11.6 Å². The van der Waals surface area contributed by atoms with Gasteiger partial charge in [0, 0.05) is 29.8 Å². The Morgan fingerprint density at radius 3 is 2.83 bits per heavy atom. The highest BCUT2D eigenvalue weighted by Crippen LogP contribution is 2.28. The third-order valence-electron chi connectivity index (χ3n) is 3.52. The van der Waals surface area contributed by atoms with Crippen molar-refractivity contribution in [2.45, 2.75) is 0 Å². The van der Waals surface area contributed by atoms with Gasteiger partial charge in [0.1, 0.15) is 17.3 Å². The molecule has 118 valence electrons. The number of hydrogen-bond donors (Lipinski definition) is 2. The Balaban J connectivity index is 1.81. The molecular weight excluding hydrogens is 329 g/mol. The van der Waals surface area contributed by atoms with E-state index in [0.717, 1.165) is 10.9 Å². The monoisotopic (exact) mass is 339 g/mol. The van der Waals surface area contributed by atoms with E-state index in [-0.39, 0.29) is 5.02 Å². The van der Waals surface area contributed by atoms with Crippen LogP contribution < -0.4 is 5.32 Å². The number of aromatic amines is 1. The first kappa shape index (κ1) is 14.6. The van der Waals surface area contributed by atoms with E-state index in [2.05, 4.69) is 25.3 Å². The van der Waals surface area contributed by atoms with E-state index in [1.54, 1.807) is 24.7 Å². The van der Waals surface area contributed by atoms with Crippen LogP contribution in [0.2, 0.25) is 5.02 Å². The average molecular weight is 340 g/mol. The molecule has 0 radical (unpaired) electrons. The topological polar surface area (TPSA) is 66.5 Å². The summed E-state index contributed by atoms with van der Waals surface area (Å²) in [4.78, 5) is 16.3. The number of nitrogens with one attached hydrogen (secondary N) is 2. The predicted octanol–water partition coefficient (Wildman–Crippen LogP) is 4.56. The van der Waals surface area contributed by atoms with E-state index in [1.165, 1.54) is 12.1 Å². The summed E-state index contributed by atoms with van der Waals surface area (Å²) < 4.78 is 13.3. The van der Waals surface area contributed by atoms with Gasteiger partial charge in [0.2, 0.25) is 0 Å². The molecule has 0 aliphatic carbocycles. The molecule has 0 aliphatic heterocycles. The average Bonchev–Trinajstić information content (AvgIpc) is 3.08. The molecule has 24 heavy (non-hydrogen) atoms. The van der Waals surface area contributed by atoms with Crippen LogP contribution in [0.15, 0.2) is 55.0 Å². The molecule has 2 N–H and O–H groups in total. The summed E-state index contributed by atoms with van der Waals surface area (Å²) in [5, 5.41) is 4.04. The maximum Gasteiger partial charge on any atom is 0.165 e. The maximum atomic E-state index is 13.3. The molecule has 0 aliphatic rings. The highest BCUT2D eigenvalue weighted by Gasteiger charge is 2.11. The quantitative estimate of drug-likeness (QED) is 0.574. The van der Waals surface area contributed by atoms with Crippen LogP contribution in [-0.2, 0) is 0 Å². The molecular formula is C17H11ClFN5. The molecule has 0 saturated carbocycles. The Labute approximate surface area is 141 Å². The van der Waals surface area contributed by atoms with Crippen molar-refractivity contribution < 1.29 is 4.39 Å². The zero-order valence-corrected chi connectivity index (χ0v) is 13.0. The van der Waals surface area contributed by atoms with E-state index in [4.69, 9.17) is 11.6 Å². The van der Waals surface area contributed by atoms with Crippen molar-refractivity contribution in [2.75, 3.05) is 5.32 Å². The van der Waals surface area contributed by atoms with Crippen molar-refractivity contribution in [1.82, 2.24) is 19.9 Å². The third kappa shape index (κ3) is 2.68. The third-order valence-corrected chi connectivity index (χ3v) is 3.81. The first-order chi connectivity index (χ1) is 11.7. The van der Waals surface area contributed by atoms with Gasteiger partial charge in [-0.15, -0.1) is 0 Å². The van der Waals surface area contributed by atoms with Crippen LogP contribution in [0.25, 0.3) is 22.4 Å².